The number of epoxide rings is 1. The Morgan fingerprint density at radius 2 is 2.00 bits per heavy atom. The maximum Gasteiger partial charge on any atom is 0.269 e. The lowest BCUT2D eigenvalue weighted by Crippen LogP contribution is -2.34. The lowest BCUT2D eigenvalue weighted by Gasteiger charge is -2.27. The van der Waals surface area contributed by atoms with E-state index >= 15 is 0 Å². The van der Waals surface area contributed by atoms with Crippen molar-refractivity contribution in [3.8, 4) is 0 Å². The van der Waals surface area contributed by atoms with Crippen molar-refractivity contribution in [1.29, 1.82) is 0 Å². The first-order chi connectivity index (χ1) is 8.17. The first kappa shape index (κ1) is 13.5. The Bertz CT molecular complexity index is 245. The number of hydrogen-bond donors (Lipinski definition) is 0. The van der Waals surface area contributed by atoms with Crippen LogP contribution in [0.15, 0.2) is 0 Å². The molecule has 3 atom stereocenters. The summed E-state index contributed by atoms with van der Waals surface area (Å²) in [5.41, 5.74) is 0. The molecule has 3 unspecified atom stereocenters. The highest BCUT2D eigenvalue weighted by Gasteiger charge is 2.43. The van der Waals surface area contributed by atoms with E-state index in [1.54, 1.807) is 14.2 Å². The van der Waals surface area contributed by atoms with Gasteiger partial charge < -0.3 is 18.6 Å². The second-order valence-corrected chi connectivity index (χ2v) is 6.56. The quantitative estimate of drug-likeness (QED) is 0.300. The molecule has 0 radical (unpaired) electrons. The summed E-state index contributed by atoms with van der Waals surface area (Å²) in [5.74, 6) is 0.0231. The van der Waals surface area contributed by atoms with E-state index in [1.165, 1.54) is 31.7 Å². The summed E-state index contributed by atoms with van der Waals surface area (Å²) in [6.07, 6.45) is 6.37. The second-order valence-electron chi connectivity index (χ2n) is 5.15. The first-order valence-electron chi connectivity index (χ1n) is 6.56. The van der Waals surface area contributed by atoms with Crippen molar-refractivity contribution in [3.05, 3.63) is 0 Å². The van der Waals surface area contributed by atoms with E-state index in [2.05, 4.69) is 0 Å². The molecule has 2 fully saturated rings. The van der Waals surface area contributed by atoms with Gasteiger partial charge in [-0.1, -0.05) is 6.42 Å². The van der Waals surface area contributed by atoms with Gasteiger partial charge in [-0.25, -0.2) is 0 Å². The average molecular weight is 260 g/mol. The summed E-state index contributed by atoms with van der Waals surface area (Å²) in [6.45, 7) is 1.82. The van der Waals surface area contributed by atoms with Gasteiger partial charge in [-0.3, -0.25) is 0 Å². The SMILES string of the molecule is COC(C)(OC)O[SiH2]CCC1CCC2OC2C1. The number of rotatable bonds is 7. The molecular formula is C12H24O4Si. The highest BCUT2D eigenvalue weighted by atomic mass is 28.2. The van der Waals surface area contributed by atoms with Crippen LogP contribution in [0.25, 0.3) is 0 Å². The summed E-state index contributed by atoms with van der Waals surface area (Å²) in [7, 11) is 2.68. The van der Waals surface area contributed by atoms with E-state index in [0.29, 0.717) is 12.2 Å². The van der Waals surface area contributed by atoms with E-state index in [0.717, 1.165) is 5.92 Å². The van der Waals surface area contributed by atoms with Crippen molar-refractivity contribution in [3.63, 3.8) is 0 Å². The number of hydrogen-bond acceptors (Lipinski definition) is 4. The number of fused-ring (bicyclic) bond motifs is 1. The third kappa shape index (κ3) is 3.76. The summed E-state index contributed by atoms with van der Waals surface area (Å²) < 4.78 is 21.6. The fourth-order valence-electron chi connectivity index (χ4n) is 2.58. The van der Waals surface area contributed by atoms with Crippen LogP contribution in [0.3, 0.4) is 0 Å². The molecule has 1 aliphatic carbocycles. The third-order valence-electron chi connectivity index (χ3n) is 3.98. The van der Waals surface area contributed by atoms with Gasteiger partial charge in [-0.2, -0.15) is 0 Å². The van der Waals surface area contributed by atoms with E-state index in [1.807, 2.05) is 6.92 Å². The molecule has 0 amide bonds. The molecular weight excluding hydrogens is 236 g/mol. The fourth-order valence-corrected chi connectivity index (χ4v) is 4.07. The topological polar surface area (TPSA) is 40.2 Å². The van der Waals surface area contributed by atoms with Gasteiger partial charge >= 0.3 is 0 Å². The lowest BCUT2D eigenvalue weighted by molar-refractivity contribution is -0.310. The molecule has 0 aromatic rings. The Kier molecular flexibility index (Phi) is 4.60. The predicted octanol–water partition coefficient (Wildman–Crippen LogP) is 1.43. The minimum Gasteiger partial charge on any atom is -0.376 e. The van der Waals surface area contributed by atoms with E-state index < -0.39 is 15.7 Å². The molecule has 0 N–H and O–H groups in total. The Labute approximate surface area is 106 Å². The monoisotopic (exact) mass is 260 g/mol. The van der Waals surface area contributed by atoms with Gasteiger partial charge in [0, 0.05) is 21.1 Å². The highest BCUT2D eigenvalue weighted by molar-refractivity contribution is 6.27. The van der Waals surface area contributed by atoms with Gasteiger partial charge in [0.1, 0.15) is 0 Å². The zero-order valence-electron chi connectivity index (χ0n) is 11.1. The molecule has 0 aromatic carbocycles. The van der Waals surface area contributed by atoms with E-state index in [-0.39, 0.29) is 0 Å². The standard InChI is InChI=1S/C12H24O4Si/c1-12(13-2,14-3)16-17-7-6-9-4-5-10-11(8-9)15-10/h9-11H,4-8,17H2,1-3H3. The van der Waals surface area contributed by atoms with Crippen LogP contribution in [0.4, 0.5) is 0 Å². The zero-order chi connectivity index (χ0) is 12.3. The Balaban J connectivity index is 1.56. The van der Waals surface area contributed by atoms with Crippen molar-refractivity contribution in [2.75, 3.05) is 14.2 Å². The Morgan fingerprint density at radius 1 is 1.24 bits per heavy atom. The van der Waals surface area contributed by atoms with Crippen molar-refractivity contribution in [1.82, 2.24) is 0 Å². The second kappa shape index (κ2) is 5.80. The molecule has 1 saturated carbocycles. The van der Waals surface area contributed by atoms with Crippen LogP contribution in [-0.2, 0) is 18.6 Å². The normalized spacial score (nSPS) is 33.0. The van der Waals surface area contributed by atoms with Crippen molar-refractivity contribution in [2.24, 2.45) is 5.92 Å². The molecule has 2 aliphatic rings. The van der Waals surface area contributed by atoms with Gasteiger partial charge in [-0.15, -0.1) is 0 Å². The van der Waals surface area contributed by atoms with Gasteiger partial charge in [0.2, 0.25) is 0 Å². The number of ether oxygens (including phenoxy) is 3. The van der Waals surface area contributed by atoms with E-state index in [4.69, 9.17) is 18.6 Å². The van der Waals surface area contributed by atoms with Crippen LogP contribution in [0.1, 0.15) is 32.6 Å². The summed E-state index contributed by atoms with van der Waals surface area (Å²) in [5, 5.41) is 0. The zero-order valence-corrected chi connectivity index (χ0v) is 12.5. The maximum absolute atomic E-state index is 5.72. The molecule has 5 heteroatoms. The minimum atomic E-state index is -0.830. The summed E-state index contributed by atoms with van der Waals surface area (Å²) >= 11 is 0. The first-order valence-corrected chi connectivity index (χ1v) is 8.14. The molecule has 100 valence electrons. The molecule has 0 aromatic heterocycles. The summed E-state index contributed by atoms with van der Waals surface area (Å²) in [4.78, 5) is 0. The highest BCUT2D eigenvalue weighted by Crippen LogP contribution is 2.40. The van der Waals surface area contributed by atoms with Gasteiger partial charge in [0.05, 0.1) is 12.2 Å². The minimum absolute atomic E-state index is 0.554. The van der Waals surface area contributed by atoms with Crippen LogP contribution in [0.2, 0.25) is 6.04 Å². The molecule has 1 heterocycles. The maximum atomic E-state index is 5.72. The lowest BCUT2D eigenvalue weighted by atomic mass is 9.88. The van der Waals surface area contributed by atoms with Gasteiger partial charge in [0.25, 0.3) is 5.97 Å². The van der Waals surface area contributed by atoms with Crippen LogP contribution < -0.4 is 0 Å². The van der Waals surface area contributed by atoms with Crippen LogP contribution in [0.5, 0.6) is 0 Å². The molecule has 17 heavy (non-hydrogen) atoms. The van der Waals surface area contributed by atoms with Crippen molar-refractivity contribution < 1.29 is 18.6 Å². The molecule has 0 bridgehead atoms. The van der Waals surface area contributed by atoms with E-state index in [9.17, 15) is 0 Å². The molecule has 1 saturated heterocycles. The Hall–Kier alpha value is 0.0569. The largest absolute Gasteiger partial charge is 0.376 e. The predicted molar refractivity (Wildman–Crippen MR) is 67.5 cm³/mol. The van der Waals surface area contributed by atoms with Crippen LogP contribution in [-0.4, -0.2) is 42.2 Å². The van der Waals surface area contributed by atoms with Crippen molar-refractivity contribution in [2.45, 2.75) is 56.8 Å². The van der Waals surface area contributed by atoms with Gasteiger partial charge in [-0.05, 0) is 31.2 Å². The molecule has 2 rings (SSSR count). The smallest absolute Gasteiger partial charge is 0.269 e. The number of methoxy groups -OCH3 is 2. The third-order valence-corrected chi connectivity index (χ3v) is 5.40. The fraction of sp³-hybridized carbons (Fsp3) is 1.00. The molecule has 1 aliphatic heterocycles. The van der Waals surface area contributed by atoms with Gasteiger partial charge in [0.15, 0.2) is 9.76 Å². The molecule has 0 spiro atoms. The Morgan fingerprint density at radius 3 is 2.65 bits per heavy atom. The van der Waals surface area contributed by atoms with Crippen LogP contribution >= 0.6 is 0 Å². The average Bonchev–Trinajstić information content (AvgIpc) is 3.12. The summed E-state index contributed by atoms with van der Waals surface area (Å²) in [6, 6.07) is 1.20. The molecule has 4 nitrogen and oxygen atoms in total. The van der Waals surface area contributed by atoms with Crippen molar-refractivity contribution >= 4 is 9.76 Å². The van der Waals surface area contributed by atoms with Crippen LogP contribution in [0, 0.1) is 5.92 Å².